The molecule has 0 aromatic heterocycles. The molecule has 1 heterocycles. The maximum absolute atomic E-state index is 11.7. The minimum absolute atomic E-state index is 0.0349. The molecule has 102 valence electrons. The third-order valence-corrected chi connectivity index (χ3v) is 3.07. The topological polar surface area (TPSA) is 55.8 Å². The summed E-state index contributed by atoms with van der Waals surface area (Å²) in [6.07, 6.45) is -0.506. The van der Waals surface area contributed by atoms with Gasteiger partial charge in [0.1, 0.15) is 0 Å². The van der Waals surface area contributed by atoms with Gasteiger partial charge in [0.2, 0.25) is 0 Å². The molecule has 0 saturated carbocycles. The molecule has 1 aliphatic rings. The van der Waals surface area contributed by atoms with E-state index in [1.807, 2.05) is 13.0 Å². The molecule has 1 amide bonds. The zero-order chi connectivity index (χ0) is 14.0. The number of fused-ring (bicyclic) bond motifs is 1. The largest absolute Gasteiger partial charge is 0.448 e. The first-order valence-electron chi connectivity index (χ1n) is 6.30. The van der Waals surface area contributed by atoms with Crippen molar-refractivity contribution in [1.29, 1.82) is 0 Å². The third kappa shape index (κ3) is 2.70. The Morgan fingerprint density at radius 3 is 2.84 bits per heavy atom. The van der Waals surface area contributed by atoms with Gasteiger partial charge in [-0.25, -0.2) is 4.79 Å². The zero-order valence-corrected chi connectivity index (χ0v) is 11.3. The molecule has 5 nitrogen and oxygen atoms in total. The fourth-order valence-electron chi connectivity index (χ4n) is 2.05. The zero-order valence-electron chi connectivity index (χ0n) is 11.3. The number of carbonyl (C=O) groups excluding carboxylic acids is 2. The summed E-state index contributed by atoms with van der Waals surface area (Å²) < 4.78 is 4.92. The van der Waals surface area contributed by atoms with Crippen LogP contribution in [0, 0.1) is 0 Å². The van der Waals surface area contributed by atoms with E-state index in [0.29, 0.717) is 24.5 Å². The Bertz CT molecular complexity index is 512. The van der Waals surface area contributed by atoms with E-state index >= 15 is 0 Å². The van der Waals surface area contributed by atoms with E-state index in [1.54, 1.807) is 19.1 Å². The van der Waals surface area contributed by atoms with Gasteiger partial charge < -0.3 is 9.57 Å². The Hall–Kier alpha value is -2.04. The van der Waals surface area contributed by atoms with E-state index in [2.05, 4.69) is 0 Å². The van der Waals surface area contributed by atoms with Crippen LogP contribution in [0.3, 0.4) is 0 Å². The highest BCUT2D eigenvalue weighted by molar-refractivity contribution is 5.94. The molecular weight excluding hydrogens is 246 g/mol. The summed E-state index contributed by atoms with van der Waals surface area (Å²) in [4.78, 5) is 28.6. The molecule has 0 bridgehead atoms. The number of benzene rings is 1. The van der Waals surface area contributed by atoms with Gasteiger partial charge >= 0.3 is 6.09 Å². The second-order valence-corrected chi connectivity index (χ2v) is 4.56. The lowest BCUT2D eigenvalue weighted by Crippen LogP contribution is -2.40. The average Bonchev–Trinajstić information content (AvgIpc) is 2.38. The lowest BCUT2D eigenvalue weighted by atomic mass is 9.96. The fraction of sp³-hybridized carbons (Fsp3) is 0.429. The van der Waals surface area contributed by atoms with Crippen molar-refractivity contribution >= 4 is 11.9 Å². The fourth-order valence-corrected chi connectivity index (χ4v) is 2.05. The normalized spacial score (nSPS) is 17.4. The monoisotopic (exact) mass is 263 g/mol. The maximum atomic E-state index is 11.7. The standard InChI is InChI=1S/C14H17NO4/c1-4-18-14(17)15-8-9(2)12-6-5-11(10(3)16)7-13(12)19-15/h5-7,9H,4,8H2,1-3H3. The Kier molecular flexibility index (Phi) is 3.74. The van der Waals surface area contributed by atoms with Crippen molar-refractivity contribution in [2.45, 2.75) is 26.7 Å². The van der Waals surface area contributed by atoms with Gasteiger partial charge in [-0.15, -0.1) is 5.06 Å². The first-order valence-corrected chi connectivity index (χ1v) is 6.30. The number of nitrogens with zero attached hydrogens (tertiary/aromatic N) is 1. The van der Waals surface area contributed by atoms with Gasteiger partial charge in [0, 0.05) is 17.0 Å². The molecule has 1 atom stereocenters. The molecule has 1 aromatic carbocycles. The van der Waals surface area contributed by atoms with E-state index < -0.39 is 6.09 Å². The Morgan fingerprint density at radius 1 is 1.47 bits per heavy atom. The molecule has 1 aliphatic heterocycles. The summed E-state index contributed by atoms with van der Waals surface area (Å²) in [5.74, 6) is 0.640. The molecule has 5 heteroatoms. The van der Waals surface area contributed by atoms with Crippen molar-refractivity contribution in [3.8, 4) is 5.75 Å². The minimum Gasteiger partial charge on any atom is -0.448 e. The Balaban J connectivity index is 2.28. The van der Waals surface area contributed by atoms with Crippen molar-refractivity contribution in [2.24, 2.45) is 0 Å². The SMILES string of the molecule is CCOC(=O)N1CC(C)c2ccc(C(C)=O)cc2O1. The van der Waals surface area contributed by atoms with Crippen molar-refractivity contribution in [2.75, 3.05) is 13.2 Å². The van der Waals surface area contributed by atoms with E-state index in [4.69, 9.17) is 9.57 Å². The number of ether oxygens (including phenoxy) is 1. The van der Waals surface area contributed by atoms with Crippen LogP contribution in [0.5, 0.6) is 5.75 Å². The number of hydroxylamine groups is 2. The van der Waals surface area contributed by atoms with Crippen molar-refractivity contribution in [1.82, 2.24) is 5.06 Å². The molecule has 0 N–H and O–H groups in total. The van der Waals surface area contributed by atoms with Crippen LogP contribution >= 0.6 is 0 Å². The van der Waals surface area contributed by atoms with E-state index in [9.17, 15) is 9.59 Å². The highest BCUT2D eigenvalue weighted by Gasteiger charge is 2.28. The molecule has 0 aliphatic carbocycles. The van der Waals surface area contributed by atoms with Crippen LogP contribution in [0.25, 0.3) is 0 Å². The number of hydrogen-bond acceptors (Lipinski definition) is 4. The van der Waals surface area contributed by atoms with Gasteiger partial charge in [-0.1, -0.05) is 19.1 Å². The van der Waals surface area contributed by atoms with Crippen molar-refractivity contribution in [3.63, 3.8) is 0 Å². The summed E-state index contributed by atoms with van der Waals surface area (Å²) >= 11 is 0. The van der Waals surface area contributed by atoms with E-state index in [-0.39, 0.29) is 11.7 Å². The summed E-state index contributed by atoms with van der Waals surface area (Å²) in [6, 6.07) is 5.32. The predicted molar refractivity (Wildman–Crippen MR) is 69.2 cm³/mol. The predicted octanol–water partition coefficient (Wildman–Crippen LogP) is 2.76. The van der Waals surface area contributed by atoms with Crippen molar-refractivity contribution in [3.05, 3.63) is 29.3 Å². The number of Topliss-reactive ketones (excluding diaryl/α,β-unsaturated/α-hetero) is 1. The van der Waals surface area contributed by atoms with Crippen LogP contribution in [0.15, 0.2) is 18.2 Å². The van der Waals surface area contributed by atoms with Gasteiger partial charge in [-0.2, -0.15) is 0 Å². The second kappa shape index (κ2) is 5.30. The summed E-state index contributed by atoms with van der Waals surface area (Å²) in [5, 5.41) is 1.19. The van der Waals surface area contributed by atoms with Crippen LogP contribution in [-0.2, 0) is 4.74 Å². The van der Waals surface area contributed by atoms with Crippen LogP contribution in [0.4, 0.5) is 4.79 Å². The number of hydrogen-bond donors (Lipinski definition) is 0. The molecule has 0 fully saturated rings. The highest BCUT2D eigenvalue weighted by atomic mass is 16.7. The van der Waals surface area contributed by atoms with Gasteiger partial charge in [0.25, 0.3) is 0 Å². The van der Waals surface area contributed by atoms with E-state index in [0.717, 1.165) is 5.56 Å². The maximum Gasteiger partial charge on any atom is 0.443 e. The first kappa shape index (κ1) is 13.4. The number of amides is 1. The number of carbonyl (C=O) groups is 2. The summed E-state index contributed by atoms with van der Waals surface area (Å²) in [5.41, 5.74) is 1.56. The molecule has 0 radical (unpaired) electrons. The molecule has 0 saturated heterocycles. The minimum atomic E-state index is -0.506. The molecule has 0 spiro atoms. The summed E-state index contributed by atoms with van der Waals surface area (Å²) in [7, 11) is 0. The number of ketones is 1. The lowest BCUT2D eigenvalue weighted by Gasteiger charge is -2.31. The quantitative estimate of drug-likeness (QED) is 0.770. The smallest absolute Gasteiger partial charge is 0.443 e. The Labute approximate surface area is 112 Å². The van der Waals surface area contributed by atoms with E-state index in [1.165, 1.54) is 12.0 Å². The van der Waals surface area contributed by atoms with Crippen LogP contribution in [-0.4, -0.2) is 30.1 Å². The van der Waals surface area contributed by atoms with Crippen LogP contribution in [0.1, 0.15) is 42.6 Å². The van der Waals surface area contributed by atoms with Gasteiger partial charge in [-0.3, -0.25) is 4.79 Å². The van der Waals surface area contributed by atoms with Crippen LogP contribution in [0.2, 0.25) is 0 Å². The van der Waals surface area contributed by atoms with Gasteiger partial charge in [-0.05, 0) is 19.9 Å². The molecular formula is C14H17NO4. The highest BCUT2D eigenvalue weighted by Crippen LogP contribution is 2.33. The molecule has 2 rings (SSSR count). The third-order valence-electron chi connectivity index (χ3n) is 3.07. The van der Waals surface area contributed by atoms with Crippen molar-refractivity contribution < 1.29 is 19.2 Å². The molecule has 1 aromatic rings. The van der Waals surface area contributed by atoms with Crippen LogP contribution < -0.4 is 4.84 Å². The second-order valence-electron chi connectivity index (χ2n) is 4.56. The first-order chi connectivity index (χ1) is 9.02. The lowest BCUT2D eigenvalue weighted by molar-refractivity contribution is -0.0605. The Morgan fingerprint density at radius 2 is 2.21 bits per heavy atom. The van der Waals surface area contributed by atoms with Gasteiger partial charge in [0.05, 0.1) is 13.2 Å². The molecule has 19 heavy (non-hydrogen) atoms. The molecule has 1 unspecified atom stereocenters. The number of rotatable bonds is 2. The summed E-state index contributed by atoms with van der Waals surface area (Å²) in [6.45, 7) is 5.98. The average molecular weight is 263 g/mol. The van der Waals surface area contributed by atoms with Gasteiger partial charge in [0.15, 0.2) is 11.5 Å².